The zero-order valence-electron chi connectivity index (χ0n) is 50.0. The minimum atomic E-state index is 0. The molecule has 0 atom stereocenters. The average Bonchev–Trinajstić information content (AvgIpc) is 4.31. The molecule has 0 saturated heterocycles. The molecule has 0 amide bonds. The smallest absolute Gasteiger partial charge is 0.147 e. The van der Waals surface area contributed by atoms with Crippen molar-refractivity contribution in [1.29, 1.82) is 0 Å². The number of hydrogen-bond donors (Lipinski definition) is 0. The van der Waals surface area contributed by atoms with Gasteiger partial charge in [0, 0.05) is 115 Å². The maximum Gasteiger partial charge on any atom is 0.147 e. The van der Waals surface area contributed by atoms with Gasteiger partial charge in [-0.1, -0.05) is 7.43 Å². The molecule has 78 heavy (non-hydrogen) atoms. The van der Waals surface area contributed by atoms with Crippen molar-refractivity contribution < 1.29 is 0 Å². The first kappa shape index (κ1) is 61.8. The lowest BCUT2D eigenvalue weighted by molar-refractivity contribution is 0.172. The molecular weight excluding hydrogens is 985 g/mol. The van der Waals surface area contributed by atoms with Crippen LogP contribution < -0.4 is 0 Å². The van der Waals surface area contributed by atoms with E-state index >= 15 is 0 Å². The molecular formula is C54H98N24. The van der Waals surface area contributed by atoms with E-state index < -0.39 is 0 Å². The molecule has 0 saturated carbocycles. The van der Waals surface area contributed by atoms with Gasteiger partial charge in [-0.15, -0.1) is 61.2 Å². The highest BCUT2D eigenvalue weighted by molar-refractivity contribution is 5.01. The van der Waals surface area contributed by atoms with Crippen molar-refractivity contribution in [3.63, 3.8) is 0 Å². The number of fused-ring (bicyclic) bond motifs is 6. The molecule has 0 bridgehead atoms. The van der Waals surface area contributed by atoms with Gasteiger partial charge in [-0.05, 0) is 118 Å². The molecule has 6 aromatic heterocycles. The Kier molecular flexibility index (Phi) is 22.3. The summed E-state index contributed by atoms with van der Waals surface area (Å²) in [5.74, 6) is 11.8. The Hall–Kier alpha value is -5.40. The van der Waals surface area contributed by atoms with E-state index in [0.29, 0.717) is 36.3 Å². The second-order valence-electron chi connectivity index (χ2n) is 22.9. The summed E-state index contributed by atoms with van der Waals surface area (Å²) in [5.41, 5.74) is 0. The van der Waals surface area contributed by atoms with E-state index in [4.69, 9.17) is 0 Å². The molecule has 0 unspecified atom stereocenters. The molecule has 12 rings (SSSR count). The van der Waals surface area contributed by atoms with Crippen LogP contribution in [-0.2, 0) is 78.5 Å². The van der Waals surface area contributed by atoms with Crippen molar-refractivity contribution in [2.24, 2.45) is 0 Å². The van der Waals surface area contributed by atoms with Gasteiger partial charge in [0.05, 0.1) is 39.3 Å². The second kappa shape index (κ2) is 28.1. The summed E-state index contributed by atoms with van der Waals surface area (Å²) in [7, 11) is 0. The van der Waals surface area contributed by atoms with Crippen LogP contribution in [0, 0.1) is 34.6 Å². The van der Waals surface area contributed by atoms with E-state index in [1.165, 1.54) is 0 Å². The molecule has 0 aliphatic carbocycles. The van der Waals surface area contributed by atoms with Crippen LogP contribution in [-0.4, -0.2) is 194 Å². The Morgan fingerprint density at radius 2 is 0.474 bits per heavy atom. The maximum atomic E-state index is 4.16. The van der Waals surface area contributed by atoms with E-state index in [9.17, 15) is 0 Å². The highest BCUT2D eigenvalue weighted by Gasteiger charge is 2.26. The summed E-state index contributed by atoms with van der Waals surface area (Å²) in [6.07, 6.45) is 1.81. The van der Waals surface area contributed by atoms with Crippen LogP contribution in [0.15, 0.2) is 6.33 Å². The first-order chi connectivity index (χ1) is 36.7. The molecule has 6 aliphatic heterocycles. The normalized spacial score (nSPS) is 17.7. The van der Waals surface area contributed by atoms with Gasteiger partial charge >= 0.3 is 0 Å². The molecule has 0 fully saturated rings. The van der Waals surface area contributed by atoms with Crippen molar-refractivity contribution >= 4 is 0 Å². The van der Waals surface area contributed by atoms with Gasteiger partial charge in [-0.25, -0.2) is 0 Å². The predicted molar refractivity (Wildman–Crippen MR) is 304 cm³/mol. The van der Waals surface area contributed by atoms with Gasteiger partial charge in [-0.3, -0.25) is 29.4 Å². The summed E-state index contributed by atoms with van der Waals surface area (Å²) < 4.78 is 13.2. The monoisotopic (exact) mass is 1080 g/mol. The van der Waals surface area contributed by atoms with Crippen molar-refractivity contribution in [3.8, 4) is 0 Å². The van der Waals surface area contributed by atoms with Crippen LogP contribution in [0.5, 0.6) is 0 Å². The van der Waals surface area contributed by atoms with E-state index in [0.717, 1.165) is 182 Å². The third-order valence-electron chi connectivity index (χ3n) is 15.9. The largest absolute Gasteiger partial charge is 0.315 e. The topological polar surface area (TPSA) is 204 Å². The lowest BCUT2D eigenvalue weighted by Gasteiger charge is -2.30. The van der Waals surface area contributed by atoms with Crippen molar-refractivity contribution in [1.82, 2.24) is 118 Å². The molecule has 0 radical (unpaired) electrons. The first-order valence-corrected chi connectivity index (χ1v) is 28.4. The lowest BCUT2D eigenvalue weighted by Crippen LogP contribution is -2.38. The Morgan fingerprint density at radius 1 is 0.269 bits per heavy atom. The quantitative estimate of drug-likeness (QED) is 0.211. The van der Waals surface area contributed by atoms with Crippen LogP contribution in [0.3, 0.4) is 0 Å². The summed E-state index contributed by atoms with van der Waals surface area (Å²) >= 11 is 0. The third-order valence-corrected chi connectivity index (χ3v) is 15.9. The number of rotatable bonds is 6. The number of aryl methyl sites for hydroxylation is 5. The zero-order valence-corrected chi connectivity index (χ0v) is 50.0. The van der Waals surface area contributed by atoms with Gasteiger partial charge in [0.25, 0.3) is 0 Å². The molecule has 0 aromatic carbocycles. The van der Waals surface area contributed by atoms with Crippen LogP contribution in [0.4, 0.5) is 0 Å². The fourth-order valence-electron chi connectivity index (χ4n) is 10.3. The van der Waals surface area contributed by atoms with Crippen LogP contribution in [0.2, 0.25) is 0 Å². The number of nitrogens with zero attached hydrogens (tertiary/aromatic N) is 24. The second-order valence-corrected chi connectivity index (χ2v) is 22.9. The van der Waals surface area contributed by atoms with Gasteiger partial charge < -0.3 is 27.4 Å². The van der Waals surface area contributed by atoms with Gasteiger partial charge in [0.1, 0.15) is 70.4 Å². The molecule has 0 N–H and O–H groups in total. The minimum Gasteiger partial charge on any atom is -0.315 e. The maximum absolute atomic E-state index is 4.16. The van der Waals surface area contributed by atoms with E-state index in [-0.39, 0.29) is 7.43 Å². The predicted octanol–water partition coefficient (Wildman–Crippen LogP) is 5.19. The van der Waals surface area contributed by atoms with Gasteiger partial charge in [0.15, 0.2) is 0 Å². The molecule has 12 heterocycles. The average molecular weight is 1080 g/mol. The lowest BCUT2D eigenvalue weighted by atomic mass is 10.2. The standard InChI is InChI=1S/5C9H16N4.C8H14N4.CH4/c5*1-7(2)12-4-5-13-8(3)10-11-9(13)6-12;1-7(2)11-3-4-12-6-9-10-8(12)5-11;/h5*7H,4-6H2,1-3H3;6-7H,3-5H2,1-2H3;1H4. The summed E-state index contributed by atoms with van der Waals surface area (Å²) in [6, 6.07) is 3.62. The third kappa shape index (κ3) is 15.7. The van der Waals surface area contributed by atoms with Crippen LogP contribution in [0.1, 0.15) is 155 Å². The number of hydrogen-bond acceptors (Lipinski definition) is 18. The molecule has 6 aromatic rings. The van der Waals surface area contributed by atoms with Crippen molar-refractivity contribution in [2.45, 2.75) is 240 Å². The van der Waals surface area contributed by atoms with E-state index in [1.54, 1.807) is 0 Å². The first-order valence-electron chi connectivity index (χ1n) is 28.4. The Balaban J connectivity index is 0.000000151. The fourth-order valence-corrected chi connectivity index (χ4v) is 10.3. The summed E-state index contributed by atoms with van der Waals surface area (Å²) in [6.45, 7) is 55.3. The summed E-state index contributed by atoms with van der Waals surface area (Å²) in [5, 5.41) is 49.1. The fraction of sp³-hybridized carbons (Fsp3) is 0.778. The van der Waals surface area contributed by atoms with Crippen LogP contribution >= 0.6 is 0 Å². The Labute approximate surface area is 466 Å². The van der Waals surface area contributed by atoms with E-state index in [1.807, 2.05) is 40.9 Å². The molecule has 24 nitrogen and oxygen atoms in total. The van der Waals surface area contributed by atoms with Crippen LogP contribution in [0.25, 0.3) is 0 Å². The highest BCUT2D eigenvalue weighted by atomic mass is 15.4. The molecule has 24 heteroatoms. The SMILES string of the molecule is C.CC(C)N1CCn2cnnc2C1.Cc1nnc2n1CCN(C(C)C)C2.Cc1nnc2n1CCN(C(C)C)C2.Cc1nnc2n1CCN(C(C)C)C2.Cc1nnc2n1CCN(C(C)C)C2.Cc1nnc2n1CCN(C(C)C)C2. The van der Waals surface area contributed by atoms with Gasteiger partial charge in [0.2, 0.25) is 0 Å². The molecule has 0 spiro atoms. The molecule has 434 valence electrons. The number of aromatic nitrogens is 18. The van der Waals surface area contributed by atoms with Gasteiger partial charge in [-0.2, -0.15) is 0 Å². The Morgan fingerprint density at radius 3 is 0.692 bits per heavy atom. The summed E-state index contributed by atoms with van der Waals surface area (Å²) in [4.78, 5) is 14.5. The van der Waals surface area contributed by atoms with E-state index in [2.05, 4.69) is 201 Å². The Bertz CT molecular complexity index is 2370. The zero-order chi connectivity index (χ0) is 55.7. The van der Waals surface area contributed by atoms with Crippen molar-refractivity contribution in [2.75, 3.05) is 39.3 Å². The van der Waals surface area contributed by atoms with Crippen molar-refractivity contribution in [3.05, 3.63) is 70.4 Å². The highest BCUT2D eigenvalue weighted by Crippen LogP contribution is 2.19. The molecule has 6 aliphatic rings. The minimum absolute atomic E-state index is 0.